The Morgan fingerprint density at radius 3 is 2.46 bits per heavy atom. The molecule has 1 aromatic carbocycles. The third-order valence-corrected chi connectivity index (χ3v) is 3.47. The van der Waals surface area contributed by atoms with Crippen LogP contribution < -0.4 is 20.1 Å². The van der Waals surface area contributed by atoms with E-state index in [2.05, 4.69) is 24.5 Å². The molecule has 0 aliphatic heterocycles. The van der Waals surface area contributed by atoms with E-state index in [1.807, 2.05) is 6.92 Å². The highest BCUT2D eigenvalue weighted by Gasteiger charge is 2.17. The van der Waals surface area contributed by atoms with Gasteiger partial charge in [-0.1, -0.05) is 13.8 Å². The second-order valence-corrected chi connectivity index (χ2v) is 5.99. The van der Waals surface area contributed by atoms with E-state index < -0.39 is 6.04 Å². The van der Waals surface area contributed by atoms with Crippen LogP contribution in [0.4, 0.5) is 0 Å². The van der Waals surface area contributed by atoms with Crippen LogP contribution in [0, 0.1) is 5.92 Å². The lowest BCUT2D eigenvalue weighted by Gasteiger charge is -2.15. The highest BCUT2D eigenvalue weighted by molar-refractivity contribution is 5.97. The van der Waals surface area contributed by atoms with Gasteiger partial charge in [-0.25, -0.2) is 0 Å². The molecule has 1 aromatic rings. The van der Waals surface area contributed by atoms with Gasteiger partial charge in [0.15, 0.2) is 11.5 Å². The second kappa shape index (κ2) is 9.80. The number of carbonyl (C=O) groups excluding carboxylic acids is 2. The minimum absolute atomic E-state index is 0.216. The molecule has 0 heterocycles. The third kappa shape index (κ3) is 6.10. The van der Waals surface area contributed by atoms with E-state index in [9.17, 15) is 9.59 Å². The first-order valence-corrected chi connectivity index (χ1v) is 8.28. The summed E-state index contributed by atoms with van der Waals surface area (Å²) in [6.45, 7) is 8.84. The van der Waals surface area contributed by atoms with Gasteiger partial charge in [0.05, 0.1) is 13.7 Å². The van der Waals surface area contributed by atoms with Crippen molar-refractivity contribution in [3.63, 3.8) is 0 Å². The van der Waals surface area contributed by atoms with Gasteiger partial charge in [0.1, 0.15) is 6.04 Å². The van der Waals surface area contributed by atoms with E-state index in [4.69, 9.17) is 9.47 Å². The predicted octanol–water partition coefficient (Wildman–Crippen LogP) is 2.37. The summed E-state index contributed by atoms with van der Waals surface area (Å²) in [4.78, 5) is 23.9. The monoisotopic (exact) mass is 336 g/mol. The Bertz CT molecular complexity index is 558. The Morgan fingerprint density at radius 2 is 1.88 bits per heavy atom. The average molecular weight is 336 g/mol. The minimum atomic E-state index is -0.606. The van der Waals surface area contributed by atoms with Crippen molar-refractivity contribution in [2.75, 3.05) is 20.3 Å². The van der Waals surface area contributed by atoms with Gasteiger partial charge in [0, 0.05) is 12.1 Å². The number of methoxy groups -OCH3 is 1. The summed E-state index contributed by atoms with van der Waals surface area (Å²) >= 11 is 0. The van der Waals surface area contributed by atoms with Gasteiger partial charge >= 0.3 is 0 Å². The van der Waals surface area contributed by atoms with Gasteiger partial charge in [0.2, 0.25) is 5.91 Å². The summed E-state index contributed by atoms with van der Waals surface area (Å²) in [5.74, 6) is 1.10. The largest absolute Gasteiger partial charge is 0.493 e. The van der Waals surface area contributed by atoms with E-state index in [-0.39, 0.29) is 11.8 Å². The van der Waals surface area contributed by atoms with Crippen molar-refractivity contribution in [3.05, 3.63) is 23.8 Å². The lowest BCUT2D eigenvalue weighted by Crippen LogP contribution is -2.44. The van der Waals surface area contributed by atoms with Crippen molar-refractivity contribution in [1.29, 1.82) is 0 Å². The summed E-state index contributed by atoms with van der Waals surface area (Å²) in [7, 11) is 1.53. The van der Waals surface area contributed by atoms with E-state index >= 15 is 0 Å². The Labute approximate surface area is 143 Å². The molecule has 0 bridgehead atoms. The zero-order valence-electron chi connectivity index (χ0n) is 15.1. The van der Waals surface area contributed by atoms with Gasteiger partial charge < -0.3 is 20.1 Å². The van der Waals surface area contributed by atoms with E-state index in [0.29, 0.717) is 36.1 Å². The Balaban J connectivity index is 2.75. The quantitative estimate of drug-likeness (QED) is 0.726. The molecule has 1 rings (SSSR count). The number of hydrogen-bond acceptors (Lipinski definition) is 4. The zero-order chi connectivity index (χ0) is 18.1. The van der Waals surface area contributed by atoms with Gasteiger partial charge in [0.25, 0.3) is 5.91 Å². The molecule has 0 saturated heterocycles. The number of ether oxygens (including phenoxy) is 2. The third-order valence-electron chi connectivity index (χ3n) is 3.47. The Hall–Kier alpha value is -2.24. The number of likely N-dealkylation sites (N-methyl/N-ethyl adjacent to an activating group) is 1. The van der Waals surface area contributed by atoms with Gasteiger partial charge in [-0.2, -0.15) is 0 Å². The van der Waals surface area contributed by atoms with Crippen LogP contribution in [0.25, 0.3) is 0 Å². The Morgan fingerprint density at radius 1 is 1.17 bits per heavy atom. The molecule has 1 atom stereocenters. The number of benzene rings is 1. The van der Waals surface area contributed by atoms with Crippen LogP contribution in [0.2, 0.25) is 0 Å². The highest BCUT2D eigenvalue weighted by Crippen LogP contribution is 2.28. The maximum atomic E-state index is 12.3. The normalized spacial score (nSPS) is 11.8. The lowest BCUT2D eigenvalue weighted by molar-refractivity contribution is -0.122. The van der Waals surface area contributed by atoms with Crippen LogP contribution in [0.1, 0.15) is 44.5 Å². The molecule has 0 aromatic heterocycles. The van der Waals surface area contributed by atoms with Crippen molar-refractivity contribution < 1.29 is 19.1 Å². The molecule has 0 spiro atoms. The number of amides is 2. The van der Waals surface area contributed by atoms with Crippen molar-refractivity contribution in [1.82, 2.24) is 10.6 Å². The molecule has 0 fully saturated rings. The van der Waals surface area contributed by atoms with Crippen molar-refractivity contribution in [3.8, 4) is 11.5 Å². The molecular formula is C18H28N2O4. The average Bonchev–Trinajstić information content (AvgIpc) is 2.54. The van der Waals surface area contributed by atoms with Crippen LogP contribution in [0.3, 0.4) is 0 Å². The number of nitrogens with one attached hydrogen (secondary N) is 2. The SMILES string of the molecule is CCNC(=O)[C@H](C)NC(=O)c1ccc(OCCC(C)C)c(OC)c1. The molecule has 24 heavy (non-hydrogen) atoms. The summed E-state index contributed by atoms with van der Waals surface area (Å²) in [5, 5.41) is 5.33. The van der Waals surface area contributed by atoms with Crippen molar-refractivity contribution >= 4 is 11.8 Å². The second-order valence-electron chi connectivity index (χ2n) is 5.99. The fourth-order valence-corrected chi connectivity index (χ4v) is 2.01. The zero-order valence-corrected chi connectivity index (χ0v) is 15.1. The number of rotatable bonds is 9. The molecule has 134 valence electrons. The lowest BCUT2D eigenvalue weighted by atomic mass is 10.1. The minimum Gasteiger partial charge on any atom is -0.493 e. The van der Waals surface area contributed by atoms with E-state index in [1.54, 1.807) is 25.1 Å². The first-order chi connectivity index (χ1) is 11.4. The molecule has 0 aliphatic carbocycles. The van der Waals surface area contributed by atoms with Gasteiger partial charge in [-0.15, -0.1) is 0 Å². The van der Waals surface area contributed by atoms with Gasteiger partial charge in [-0.05, 0) is 44.4 Å². The standard InChI is InChI=1S/C18H28N2O4/c1-6-19-17(21)13(4)20-18(22)14-7-8-15(16(11-14)23-5)24-10-9-12(2)3/h7-8,11-13H,6,9-10H2,1-5H3,(H,19,21)(H,20,22)/t13-/m0/s1. The van der Waals surface area contributed by atoms with Crippen LogP contribution in [0.15, 0.2) is 18.2 Å². The highest BCUT2D eigenvalue weighted by atomic mass is 16.5. The van der Waals surface area contributed by atoms with Crippen molar-refractivity contribution in [2.45, 2.75) is 40.2 Å². The van der Waals surface area contributed by atoms with Crippen molar-refractivity contribution in [2.24, 2.45) is 5.92 Å². The maximum Gasteiger partial charge on any atom is 0.252 e. The predicted molar refractivity (Wildman–Crippen MR) is 93.6 cm³/mol. The van der Waals surface area contributed by atoms with Crippen LogP contribution in [-0.2, 0) is 4.79 Å². The molecular weight excluding hydrogens is 308 g/mol. The summed E-state index contributed by atoms with van der Waals surface area (Å²) in [6, 6.07) is 4.38. The first kappa shape index (κ1) is 19.8. The Kier molecular flexibility index (Phi) is 8.09. The molecule has 2 N–H and O–H groups in total. The van der Waals surface area contributed by atoms with E-state index in [0.717, 1.165) is 6.42 Å². The fourth-order valence-electron chi connectivity index (χ4n) is 2.01. The van der Waals surface area contributed by atoms with Crippen LogP contribution in [0.5, 0.6) is 11.5 Å². The number of hydrogen-bond donors (Lipinski definition) is 2. The first-order valence-electron chi connectivity index (χ1n) is 8.28. The molecule has 2 amide bonds. The summed E-state index contributed by atoms with van der Waals surface area (Å²) in [6.07, 6.45) is 0.940. The fraction of sp³-hybridized carbons (Fsp3) is 0.556. The molecule has 0 saturated carbocycles. The molecule has 6 nitrogen and oxygen atoms in total. The summed E-state index contributed by atoms with van der Waals surface area (Å²) in [5.41, 5.74) is 0.416. The maximum absolute atomic E-state index is 12.3. The smallest absolute Gasteiger partial charge is 0.252 e. The van der Waals surface area contributed by atoms with Crippen LogP contribution >= 0.6 is 0 Å². The number of carbonyl (C=O) groups is 2. The molecule has 0 aliphatic rings. The molecule has 0 unspecified atom stereocenters. The van der Waals surface area contributed by atoms with Crippen LogP contribution in [-0.4, -0.2) is 38.1 Å². The topological polar surface area (TPSA) is 76.7 Å². The van der Waals surface area contributed by atoms with E-state index in [1.165, 1.54) is 7.11 Å². The molecule has 6 heteroatoms. The summed E-state index contributed by atoms with van der Waals surface area (Å²) < 4.78 is 11.0. The molecule has 0 radical (unpaired) electrons. The van der Waals surface area contributed by atoms with Gasteiger partial charge in [-0.3, -0.25) is 9.59 Å².